The van der Waals surface area contributed by atoms with Crippen molar-refractivity contribution in [2.45, 2.75) is 6.92 Å². The lowest BCUT2D eigenvalue weighted by Gasteiger charge is -2.38. The molecule has 2 aromatic rings. The van der Waals surface area contributed by atoms with Gasteiger partial charge in [0.1, 0.15) is 0 Å². The highest BCUT2D eigenvalue weighted by Crippen LogP contribution is 2.25. The molecule has 4 nitrogen and oxygen atoms in total. The van der Waals surface area contributed by atoms with Crippen LogP contribution >= 0.6 is 0 Å². The van der Waals surface area contributed by atoms with Crippen LogP contribution in [0.15, 0.2) is 48.8 Å². The molecule has 1 aliphatic rings. The van der Waals surface area contributed by atoms with E-state index in [4.69, 9.17) is 4.74 Å². The normalized spacial score (nSPS) is 16.4. The maximum Gasteiger partial charge on any atom is 0.251 e. The average molecular weight is 270 g/mol. The molecule has 1 aromatic heterocycles. The fourth-order valence-electron chi connectivity index (χ4n) is 2.24. The molecule has 1 amide bonds. The zero-order chi connectivity index (χ0) is 14.0. The Kier molecular flexibility index (Phi) is 3.32. The molecule has 3 rings (SSSR count). The third-order valence-electron chi connectivity index (χ3n) is 3.61. The second kappa shape index (κ2) is 5.13. The molecule has 2 heterocycles. The van der Waals surface area contributed by atoms with Crippen molar-refractivity contribution in [1.29, 1.82) is 0 Å². The Labute approximate surface area is 118 Å². The lowest BCUT2D eigenvalue weighted by Crippen LogP contribution is -2.48. The van der Waals surface area contributed by atoms with E-state index in [0.717, 1.165) is 18.9 Å². The van der Waals surface area contributed by atoms with Gasteiger partial charge in [-0.25, -0.2) is 0 Å². The van der Waals surface area contributed by atoms with Crippen LogP contribution in [0, 0.1) is 5.41 Å². The zero-order valence-corrected chi connectivity index (χ0v) is 11.5. The van der Waals surface area contributed by atoms with Crippen LogP contribution in [0.5, 0.6) is 0 Å². The summed E-state index contributed by atoms with van der Waals surface area (Å²) in [6.07, 6.45) is 3.96. The van der Waals surface area contributed by atoms with Crippen LogP contribution in [0.25, 0.3) is 5.69 Å². The molecular weight excluding hydrogens is 252 g/mol. The molecule has 0 spiro atoms. The fraction of sp³-hybridized carbons (Fsp3) is 0.312. The summed E-state index contributed by atoms with van der Waals surface area (Å²) in [5.41, 5.74) is 1.83. The van der Waals surface area contributed by atoms with Crippen molar-refractivity contribution in [3.8, 4) is 5.69 Å². The molecule has 20 heavy (non-hydrogen) atoms. The number of nitrogens with one attached hydrogen (secondary N) is 1. The van der Waals surface area contributed by atoms with Crippen LogP contribution in [0.4, 0.5) is 0 Å². The van der Waals surface area contributed by atoms with E-state index in [-0.39, 0.29) is 11.3 Å². The van der Waals surface area contributed by atoms with Gasteiger partial charge in [-0.3, -0.25) is 4.79 Å². The maximum absolute atomic E-state index is 12.1. The number of amides is 1. The predicted molar refractivity (Wildman–Crippen MR) is 77.0 cm³/mol. The van der Waals surface area contributed by atoms with Gasteiger partial charge >= 0.3 is 0 Å². The van der Waals surface area contributed by atoms with Crippen molar-refractivity contribution in [2.75, 3.05) is 19.8 Å². The van der Waals surface area contributed by atoms with Crippen molar-refractivity contribution < 1.29 is 9.53 Å². The highest BCUT2D eigenvalue weighted by Gasteiger charge is 2.33. The molecule has 0 aliphatic carbocycles. The Hall–Kier alpha value is -2.07. The number of aromatic nitrogens is 1. The summed E-state index contributed by atoms with van der Waals surface area (Å²) in [5.74, 6) is -0.0304. The van der Waals surface area contributed by atoms with Gasteiger partial charge in [0.25, 0.3) is 5.91 Å². The van der Waals surface area contributed by atoms with E-state index in [1.165, 1.54) is 0 Å². The van der Waals surface area contributed by atoms with Gasteiger partial charge in [-0.1, -0.05) is 6.92 Å². The van der Waals surface area contributed by atoms with Crippen molar-refractivity contribution in [1.82, 2.24) is 9.88 Å². The topological polar surface area (TPSA) is 43.3 Å². The van der Waals surface area contributed by atoms with Gasteiger partial charge < -0.3 is 14.6 Å². The number of ether oxygens (including phenoxy) is 1. The van der Waals surface area contributed by atoms with Crippen molar-refractivity contribution in [3.63, 3.8) is 0 Å². The first-order chi connectivity index (χ1) is 9.66. The van der Waals surface area contributed by atoms with Crippen LogP contribution in [0.1, 0.15) is 17.3 Å². The monoisotopic (exact) mass is 270 g/mol. The summed E-state index contributed by atoms with van der Waals surface area (Å²) in [4.78, 5) is 12.1. The molecule has 1 aliphatic heterocycles. The smallest absolute Gasteiger partial charge is 0.251 e. The van der Waals surface area contributed by atoms with Crippen LogP contribution in [0.2, 0.25) is 0 Å². The lowest BCUT2D eigenvalue weighted by molar-refractivity contribution is -0.0978. The Morgan fingerprint density at radius 2 is 1.90 bits per heavy atom. The van der Waals surface area contributed by atoms with E-state index in [1.807, 2.05) is 53.4 Å². The standard InChI is InChI=1S/C16H18N2O2/c1-16(11-20-12-16)10-17-15(19)13-4-6-14(7-5-13)18-8-2-3-9-18/h2-9H,10-12H2,1H3,(H,17,19). The number of rotatable bonds is 4. The third kappa shape index (κ3) is 2.60. The van der Waals surface area contributed by atoms with Crippen LogP contribution < -0.4 is 5.32 Å². The maximum atomic E-state index is 12.1. The molecule has 104 valence electrons. The Morgan fingerprint density at radius 1 is 1.25 bits per heavy atom. The van der Waals surface area contributed by atoms with Crippen molar-refractivity contribution in [3.05, 3.63) is 54.4 Å². The molecule has 0 atom stereocenters. The van der Waals surface area contributed by atoms with E-state index in [1.54, 1.807) is 0 Å². The second-order valence-electron chi connectivity index (χ2n) is 5.62. The highest BCUT2D eigenvalue weighted by molar-refractivity contribution is 5.94. The van der Waals surface area contributed by atoms with E-state index in [9.17, 15) is 4.79 Å². The van der Waals surface area contributed by atoms with Gasteiger partial charge in [-0.05, 0) is 36.4 Å². The van der Waals surface area contributed by atoms with Crippen molar-refractivity contribution in [2.24, 2.45) is 5.41 Å². The van der Waals surface area contributed by atoms with Gasteiger partial charge in [-0.15, -0.1) is 0 Å². The molecule has 1 N–H and O–H groups in total. The number of nitrogens with zero attached hydrogens (tertiary/aromatic N) is 1. The zero-order valence-electron chi connectivity index (χ0n) is 11.5. The SMILES string of the molecule is CC1(CNC(=O)c2ccc(-n3cccc3)cc2)COC1. The largest absolute Gasteiger partial charge is 0.380 e. The summed E-state index contributed by atoms with van der Waals surface area (Å²) >= 11 is 0. The Bertz CT molecular complexity index is 583. The van der Waals surface area contributed by atoms with Crippen LogP contribution in [-0.4, -0.2) is 30.2 Å². The molecular formula is C16H18N2O2. The summed E-state index contributed by atoms with van der Waals surface area (Å²) in [6.45, 7) is 4.22. The molecule has 1 fully saturated rings. The fourth-order valence-corrected chi connectivity index (χ4v) is 2.24. The van der Waals surface area contributed by atoms with Gasteiger partial charge in [0.2, 0.25) is 0 Å². The van der Waals surface area contributed by atoms with Crippen molar-refractivity contribution >= 4 is 5.91 Å². The molecule has 4 heteroatoms. The minimum absolute atomic E-state index is 0.0304. The summed E-state index contributed by atoms with van der Waals surface area (Å²) < 4.78 is 7.19. The highest BCUT2D eigenvalue weighted by atomic mass is 16.5. The molecule has 0 bridgehead atoms. The summed E-state index contributed by atoms with van der Waals surface area (Å²) in [5, 5.41) is 2.97. The number of carbonyl (C=O) groups excluding carboxylic acids is 1. The van der Waals surface area contributed by atoms with E-state index in [2.05, 4.69) is 12.2 Å². The quantitative estimate of drug-likeness (QED) is 0.926. The predicted octanol–water partition coefficient (Wildman–Crippen LogP) is 2.24. The minimum Gasteiger partial charge on any atom is -0.380 e. The number of hydrogen-bond acceptors (Lipinski definition) is 2. The summed E-state index contributed by atoms with van der Waals surface area (Å²) in [6, 6.07) is 11.5. The molecule has 1 aromatic carbocycles. The first kappa shape index (κ1) is 12.9. The minimum atomic E-state index is -0.0304. The van der Waals surface area contributed by atoms with Crippen LogP contribution in [-0.2, 0) is 4.74 Å². The molecule has 0 unspecified atom stereocenters. The van der Waals surface area contributed by atoms with E-state index >= 15 is 0 Å². The average Bonchev–Trinajstić information content (AvgIpc) is 2.97. The van der Waals surface area contributed by atoms with Gasteiger partial charge in [-0.2, -0.15) is 0 Å². The van der Waals surface area contributed by atoms with Crippen LogP contribution in [0.3, 0.4) is 0 Å². The second-order valence-corrected chi connectivity index (χ2v) is 5.62. The van der Waals surface area contributed by atoms with Gasteiger partial charge in [0, 0.05) is 35.6 Å². The summed E-state index contributed by atoms with van der Waals surface area (Å²) in [7, 11) is 0. The molecule has 0 radical (unpaired) electrons. The number of carbonyl (C=O) groups is 1. The van der Waals surface area contributed by atoms with E-state index < -0.39 is 0 Å². The van der Waals surface area contributed by atoms with Gasteiger partial charge in [0.15, 0.2) is 0 Å². The Morgan fingerprint density at radius 3 is 2.45 bits per heavy atom. The third-order valence-corrected chi connectivity index (χ3v) is 3.61. The molecule has 0 saturated carbocycles. The molecule has 1 saturated heterocycles. The number of hydrogen-bond donors (Lipinski definition) is 1. The lowest BCUT2D eigenvalue weighted by atomic mass is 9.88. The first-order valence-corrected chi connectivity index (χ1v) is 6.76. The first-order valence-electron chi connectivity index (χ1n) is 6.76. The van der Waals surface area contributed by atoms with Gasteiger partial charge in [0.05, 0.1) is 13.2 Å². The van der Waals surface area contributed by atoms with E-state index in [0.29, 0.717) is 12.1 Å². The Balaban J connectivity index is 1.63. The number of benzene rings is 1.